The fraction of sp³-hybridized carbons (Fsp3) is 0.667. The van der Waals surface area contributed by atoms with E-state index in [9.17, 15) is 0 Å². The van der Waals surface area contributed by atoms with Gasteiger partial charge in [-0.1, -0.05) is 44.7 Å². The second-order valence-electron chi connectivity index (χ2n) is 5.79. The van der Waals surface area contributed by atoms with E-state index in [-0.39, 0.29) is 0 Å². The van der Waals surface area contributed by atoms with Gasteiger partial charge in [-0.25, -0.2) is 0 Å². The predicted molar refractivity (Wildman–Crippen MR) is 85.2 cm³/mol. The summed E-state index contributed by atoms with van der Waals surface area (Å²) in [5, 5.41) is 3.71. The minimum absolute atomic E-state index is 0.508. The van der Waals surface area contributed by atoms with Crippen LogP contribution in [0.15, 0.2) is 24.3 Å². The van der Waals surface area contributed by atoms with Crippen LogP contribution in [0.3, 0.4) is 0 Å². The van der Waals surface area contributed by atoms with Crippen molar-refractivity contribution in [2.45, 2.75) is 58.4 Å². The molecule has 0 aliphatic heterocycles. The molecule has 0 radical (unpaired) electrons. The molecule has 0 bridgehead atoms. The summed E-state index contributed by atoms with van der Waals surface area (Å²) in [6.45, 7) is 6.01. The number of hydrogen-bond donors (Lipinski definition) is 1. The SMILES string of the molecule is CCNC(c1ccc(OCC)cc1)C1CCCCCC1. The molecule has 1 aromatic rings. The van der Waals surface area contributed by atoms with Crippen LogP contribution in [0.1, 0.15) is 64.0 Å². The third kappa shape index (κ3) is 4.24. The van der Waals surface area contributed by atoms with E-state index in [1.165, 1.54) is 44.1 Å². The van der Waals surface area contributed by atoms with Crippen LogP contribution in [-0.4, -0.2) is 13.2 Å². The normalized spacial score (nSPS) is 18.5. The third-order valence-corrected chi connectivity index (χ3v) is 4.35. The monoisotopic (exact) mass is 275 g/mol. The lowest BCUT2D eigenvalue weighted by atomic mass is 9.87. The summed E-state index contributed by atoms with van der Waals surface area (Å²) in [5.74, 6) is 1.77. The molecule has 1 aliphatic carbocycles. The van der Waals surface area contributed by atoms with Gasteiger partial charge in [0.15, 0.2) is 0 Å². The Morgan fingerprint density at radius 2 is 1.70 bits per heavy atom. The summed E-state index contributed by atoms with van der Waals surface area (Å²) in [4.78, 5) is 0. The van der Waals surface area contributed by atoms with Gasteiger partial charge in [-0.2, -0.15) is 0 Å². The molecule has 1 aliphatic rings. The average Bonchev–Trinajstić information content (AvgIpc) is 2.75. The van der Waals surface area contributed by atoms with Gasteiger partial charge in [-0.05, 0) is 49.9 Å². The minimum atomic E-state index is 0.508. The number of nitrogens with one attached hydrogen (secondary N) is 1. The van der Waals surface area contributed by atoms with Crippen LogP contribution in [0.2, 0.25) is 0 Å². The van der Waals surface area contributed by atoms with Crippen LogP contribution in [0.5, 0.6) is 5.75 Å². The number of ether oxygens (including phenoxy) is 1. The van der Waals surface area contributed by atoms with Gasteiger partial charge >= 0.3 is 0 Å². The zero-order valence-electron chi connectivity index (χ0n) is 13.0. The van der Waals surface area contributed by atoms with E-state index < -0.39 is 0 Å². The first-order valence-electron chi connectivity index (χ1n) is 8.31. The standard InChI is InChI=1S/C18H29NO/c1-3-19-18(15-9-7-5-6-8-10-15)16-11-13-17(14-12-16)20-4-2/h11-15,18-19H,3-10H2,1-2H3. The van der Waals surface area contributed by atoms with Gasteiger partial charge in [-0.15, -0.1) is 0 Å². The van der Waals surface area contributed by atoms with E-state index in [0.29, 0.717) is 6.04 Å². The fourth-order valence-electron chi connectivity index (χ4n) is 3.36. The molecule has 0 spiro atoms. The van der Waals surface area contributed by atoms with Crippen LogP contribution in [-0.2, 0) is 0 Å². The van der Waals surface area contributed by atoms with Crippen molar-refractivity contribution in [3.63, 3.8) is 0 Å². The van der Waals surface area contributed by atoms with Crippen molar-refractivity contribution in [2.24, 2.45) is 5.92 Å². The minimum Gasteiger partial charge on any atom is -0.494 e. The first kappa shape index (κ1) is 15.4. The number of benzene rings is 1. The van der Waals surface area contributed by atoms with Gasteiger partial charge in [0, 0.05) is 6.04 Å². The number of rotatable bonds is 6. The third-order valence-electron chi connectivity index (χ3n) is 4.35. The summed E-state index contributed by atoms with van der Waals surface area (Å²) >= 11 is 0. The molecule has 1 unspecified atom stereocenters. The van der Waals surface area contributed by atoms with Crippen LogP contribution in [0, 0.1) is 5.92 Å². The molecule has 2 nitrogen and oxygen atoms in total. The maximum absolute atomic E-state index is 5.55. The molecular formula is C18H29NO. The summed E-state index contributed by atoms with van der Waals surface area (Å²) < 4.78 is 5.55. The van der Waals surface area contributed by atoms with Crippen molar-refractivity contribution >= 4 is 0 Å². The molecule has 1 saturated carbocycles. The van der Waals surface area contributed by atoms with Gasteiger partial charge in [0.2, 0.25) is 0 Å². The molecule has 1 N–H and O–H groups in total. The van der Waals surface area contributed by atoms with Crippen molar-refractivity contribution in [3.05, 3.63) is 29.8 Å². The van der Waals surface area contributed by atoms with E-state index in [1.807, 2.05) is 6.92 Å². The second kappa shape index (κ2) is 8.31. The van der Waals surface area contributed by atoms with Crippen LogP contribution in [0.25, 0.3) is 0 Å². The van der Waals surface area contributed by atoms with E-state index in [1.54, 1.807) is 0 Å². The second-order valence-corrected chi connectivity index (χ2v) is 5.79. The highest BCUT2D eigenvalue weighted by molar-refractivity contribution is 5.29. The van der Waals surface area contributed by atoms with E-state index >= 15 is 0 Å². The molecule has 0 saturated heterocycles. The molecule has 0 heterocycles. The molecular weight excluding hydrogens is 246 g/mol. The zero-order valence-corrected chi connectivity index (χ0v) is 13.0. The molecule has 1 aromatic carbocycles. The molecule has 20 heavy (non-hydrogen) atoms. The maximum Gasteiger partial charge on any atom is 0.119 e. The highest BCUT2D eigenvalue weighted by Crippen LogP contribution is 2.34. The van der Waals surface area contributed by atoms with Gasteiger partial charge < -0.3 is 10.1 Å². The Kier molecular flexibility index (Phi) is 6.38. The maximum atomic E-state index is 5.55. The Hall–Kier alpha value is -1.02. The zero-order chi connectivity index (χ0) is 14.2. The van der Waals surface area contributed by atoms with Crippen molar-refractivity contribution in [1.29, 1.82) is 0 Å². The lowest BCUT2D eigenvalue weighted by Crippen LogP contribution is -2.28. The Morgan fingerprint density at radius 3 is 2.25 bits per heavy atom. The molecule has 112 valence electrons. The number of hydrogen-bond acceptors (Lipinski definition) is 2. The average molecular weight is 275 g/mol. The summed E-state index contributed by atoms with van der Waals surface area (Å²) in [5.41, 5.74) is 1.42. The topological polar surface area (TPSA) is 21.3 Å². The van der Waals surface area contributed by atoms with Crippen molar-refractivity contribution in [3.8, 4) is 5.75 Å². The van der Waals surface area contributed by atoms with E-state index in [2.05, 4.69) is 36.5 Å². The molecule has 0 amide bonds. The Labute approximate surface area is 123 Å². The molecule has 1 fully saturated rings. The summed E-state index contributed by atoms with van der Waals surface area (Å²) in [6, 6.07) is 9.21. The molecule has 0 aromatic heterocycles. The first-order chi connectivity index (χ1) is 9.85. The first-order valence-corrected chi connectivity index (χ1v) is 8.31. The molecule has 2 heteroatoms. The molecule has 2 rings (SSSR count). The Morgan fingerprint density at radius 1 is 1.05 bits per heavy atom. The largest absolute Gasteiger partial charge is 0.494 e. The summed E-state index contributed by atoms with van der Waals surface area (Å²) in [7, 11) is 0. The van der Waals surface area contributed by atoms with Crippen LogP contribution >= 0.6 is 0 Å². The highest BCUT2D eigenvalue weighted by atomic mass is 16.5. The van der Waals surface area contributed by atoms with Crippen molar-refractivity contribution in [2.75, 3.05) is 13.2 Å². The van der Waals surface area contributed by atoms with Gasteiger partial charge in [0.25, 0.3) is 0 Å². The quantitative estimate of drug-likeness (QED) is 0.759. The Balaban J connectivity index is 2.09. The van der Waals surface area contributed by atoms with Crippen LogP contribution in [0.4, 0.5) is 0 Å². The van der Waals surface area contributed by atoms with Crippen molar-refractivity contribution < 1.29 is 4.74 Å². The lowest BCUT2D eigenvalue weighted by Gasteiger charge is -2.27. The van der Waals surface area contributed by atoms with Crippen LogP contribution < -0.4 is 10.1 Å². The highest BCUT2D eigenvalue weighted by Gasteiger charge is 2.23. The van der Waals surface area contributed by atoms with E-state index in [0.717, 1.165) is 24.8 Å². The van der Waals surface area contributed by atoms with Gasteiger partial charge in [0.05, 0.1) is 6.61 Å². The fourth-order valence-corrected chi connectivity index (χ4v) is 3.36. The molecule has 1 atom stereocenters. The van der Waals surface area contributed by atoms with Gasteiger partial charge in [0.1, 0.15) is 5.75 Å². The van der Waals surface area contributed by atoms with Gasteiger partial charge in [-0.3, -0.25) is 0 Å². The predicted octanol–water partition coefficient (Wildman–Crippen LogP) is 4.71. The van der Waals surface area contributed by atoms with Crippen molar-refractivity contribution in [1.82, 2.24) is 5.32 Å². The summed E-state index contributed by atoms with van der Waals surface area (Å²) in [6.07, 6.45) is 8.35. The van der Waals surface area contributed by atoms with E-state index in [4.69, 9.17) is 4.74 Å². The Bertz CT molecular complexity index is 366. The smallest absolute Gasteiger partial charge is 0.119 e. The lowest BCUT2D eigenvalue weighted by molar-refractivity contribution is 0.327.